The number of ether oxygens (including phenoxy) is 5. The Hall–Kier alpha value is -4.92. The van der Waals surface area contributed by atoms with Gasteiger partial charge >= 0.3 is 24.1 Å². The first-order valence-electron chi connectivity index (χ1n) is 11.7. The fraction of sp³-hybridized carbons (Fsp3) is 0.172. The summed E-state index contributed by atoms with van der Waals surface area (Å²) in [6, 6.07) is 18.8. The van der Waals surface area contributed by atoms with Crippen LogP contribution in [0.1, 0.15) is 39.1 Å². The standard InChI is InChI=1S/C29H26O9/c1-3-26(30)34-18-4-5-19-35-29(33)38-25-12-10-22(11-13-25)28(32)37-24-16-14-23(15-17-24)36-27(31)21-8-6-20(2)7-9-21/h3,6-17H,1,4-5,18-19H2,2H3. The smallest absolute Gasteiger partial charge is 0.463 e. The molecule has 0 radical (unpaired) electrons. The van der Waals surface area contributed by atoms with E-state index in [1.165, 1.54) is 48.5 Å². The first kappa shape index (κ1) is 27.7. The first-order chi connectivity index (χ1) is 18.3. The van der Waals surface area contributed by atoms with Crippen LogP contribution in [0.15, 0.2) is 85.5 Å². The minimum atomic E-state index is -0.897. The molecule has 0 saturated carbocycles. The van der Waals surface area contributed by atoms with Gasteiger partial charge in [-0.1, -0.05) is 24.3 Å². The molecule has 0 aliphatic carbocycles. The lowest BCUT2D eigenvalue weighted by Crippen LogP contribution is -2.12. The van der Waals surface area contributed by atoms with Crippen molar-refractivity contribution in [2.75, 3.05) is 13.2 Å². The van der Waals surface area contributed by atoms with E-state index in [9.17, 15) is 19.2 Å². The molecule has 3 rings (SSSR count). The van der Waals surface area contributed by atoms with Crippen molar-refractivity contribution in [2.24, 2.45) is 0 Å². The summed E-state index contributed by atoms with van der Waals surface area (Å²) in [5.74, 6) is -0.875. The number of esters is 3. The van der Waals surface area contributed by atoms with Crippen LogP contribution in [0, 0.1) is 6.92 Å². The number of benzene rings is 3. The van der Waals surface area contributed by atoms with Crippen molar-refractivity contribution in [1.29, 1.82) is 0 Å². The van der Waals surface area contributed by atoms with E-state index < -0.39 is 24.1 Å². The van der Waals surface area contributed by atoms with Crippen LogP contribution in [-0.2, 0) is 14.3 Å². The zero-order valence-electron chi connectivity index (χ0n) is 20.7. The molecule has 0 atom stereocenters. The molecule has 0 unspecified atom stereocenters. The van der Waals surface area contributed by atoms with Gasteiger partial charge in [-0.25, -0.2) is 19.2 Å². The topological polar surface area (TPSA) is 114 Å². The summed E-state index contributed by atoms with van der Waals surface area (Å²) in [6.45, 7) is 5.51. The van der Waals surface area contributed by atoms with Gasteiger partial charge in [-0.15, -0.1) is 0 Å². The highest BCUT2D eigenvalue weighted by atomic mass is 16.7. The molecule has 0 N–H and O–H groups in total. The van der Waals surface area contributed by atoms with Crippen LogP contribution in [0.4, 0.5) is 4.79 Å². The molecular formula is C29H26O9. The molecule has 0 aliphatic rings. The van der Waals surface area contributed by atoms with Gasteiger partial charge in [0.25, 0.3) is 0 Å². The molecule has 0 saturated heterocycles. The Labute approximate surface area is 219 Å². The molecule has 3 aromatic rings. The molecule has 0 heterocycles. The molecular weight excluding hydrogens is 492 g/mol. The molecule has 0 aliphatic heterocycles. The summed E-state index contributed by atoms with van der Waals surface area (Å²) in [5.41, 5.74) is 1.69. The third-order valence-electron chi connectivity index (χ3n) is 4.99. The van der Waals surface area contributed by atoms with E-state index >= 15 is 0 Å². The molecule has 3 aromatic carbocycles. The number of unbranched alkanes of at least 4 members (excludes halogenated alkanes) is 1. The molecule has 0 amide bonds. The highest BCUT2D eigenvalue weighted by Crippen LogP contribution is 2.21. The van der Waals surface area contributed by atoms with Gasteiger partial charge in [-0.05, 0) is 80.4 Å². The molecule has 0 aromatic heterocycles. The maximum Gasteiger partial charge on any atom is 0.513 e. The Bertz CT molecular complexity index is 1260. The normalized spacial score (nSPS) is 10.1. The first-order valence-corrected chi connectivity index (χ1v) is 11.7. The van der Waals surface area contributed by atoms with Crippen molar-refractivity contribution >= 4 is 24.1 Å². The molecule has 0 fully saturated rings. The maximum atomic E-state index is 12.4. The fourth-order valence-corrected chi connectivity index (χ4v) is 2.97. The number of rotatable bonds is 11. The second kappa shape index (κ2) is 14.0. The summed E-state index contributed by atoms with van der Waals surface area (Å²) >= 11 is 0. The van der Waals surface area contributed by atoms with Crippen LogP contribution in [0.5, 0.6) is 17.2 Å². The highest BCUT2D eigenvalue weighted by Gasteiger charge is 2.12. The molecule has 38 heavy (non-hydrogen) atoms. The van der Waals surface area contributed by atoms with Crippen molar-refractivity contribution in [2.45, 2.75) is 19.8 Å². The van der Waals surface area contributed by atoms with Crippen molar-refractivity contribution in [3.63, 3.8) is 0 Å². The van der Waals surface area contributed by atoms with Gasteiger partial charge in [0.2, 0.25) is 0 Å². The number of carbonyl (C=O) groups excluding carboxylic acids is 4. The van der Waals surface area contributed by atoms with Crippen LogP contribution in [0.25, 0.3) is 0 Å². The van der Waals surface area contributed by atoms with E-state index in [0.717, 1.165) is 11.6 Å². The van der Waals surface area contributed by atoms with Crippen molar-refractivity contribution in [3.05, 3.63) is 102 Å². The maximum absolute atomic E-state index is 12.4. The molecule has 9 heteroatoms. The minimum absolute atomic E-state index is 0.0961. The van der Waals surface area contributed by atoms with Crippen molar-refractivity contribution in [1.82, 2.24) is 0 Å². The minimum Gasteiger partial charge on any atom is -0.463 e. The van der Waals surface area contributed by atoms with Gasteiger partial charge in [-0.2, -0.15) is 0 Å². The quantitative estimate of drug-likeness (QED) is 0.107. The van der Waals surface area contributed by atoms with Gasteiger partial charge in [0.15, 0.2) is 0 Å². The van der Waals surface area contributed by atoms with E-state index in [1.54, 1.807) is 12.1 Å². The Kier molecular flexibility index (Phi) is 10.2. The SMILES string of the molecule is C=CC(=O)OCCCCOC(=O)Oc1ccc(C(=O)Oc2ccc(OC(=O)c3ccc(C)cc3)cc2)cc1. The van der Waals surface area contributed by atoms with E-state index in [-0.39, 0.29) is 30.3 Å². The van der Waals surface area contributed by atoms with E-state index in [4.69, 9.17) is 23.7 Å². The van der Waals surface area contributed by atoms with E-state index in [1.807, 2.05) is 19.1 Å². The predicted octanol–water partition coefficient (Wildman–Crippen LogP) is 5.46. The zero-order valence-corrected chi connectivity index (χ0v) is 20.7. The van der Waals surface area contributed by atoms with Gasteiger partial charge < -0.3 is 23.7 Å². The van der Waals surface area contributed by atoms with Crippen LogP contribution >= 0.6 is 0 Å². The number of hydrogen-bond acceptors (Lipinski definition) is 9. The summed E-state index contributed by atoms with van der Waals surface area (Å²) < 4.78 is 25.5. The van der Waals surface area contributed by atoms with Gasteiger partial charge in [0.1, 0.15) is 17.2 Å². The molecule has 0 spiro atoms. The molecule has 196 valence electrons. The Balaban J connectivity index is 1.41. The Morgan fingerprint density at radius 1 is 0.632 bits per heavy atom. The Morgan fingerprint density at radius 2 is 1.05 bits per heavy atom. The van der Waals surface area contributed by atoms with Gasteiger partial charge in [-0.3, -0.25) is 0 Å². The van der Waals surface area contributed by atoms with Crippen LogP contribution < -0.4 is 14.2 Å². The third kappa shape index (κ3) is 8.94. The van der Waals surface area contributed by atoms with Gasteiger partial charge in [0, 0.05) is 6.08 Å². The summed E-state index contributed by atoms with van der Waals surface area (Å²) in [6.07, 6.45) is 1.18. The summed E-state index contributed by atoms with van der Waals surface area (Å²) in [7, 11) is 0. The number of hydrogen-bond donors (Lipinski definition) is 0. The third-order valence-corrected chi connectivity index (χ3v) is 4.99. The monoisotopic (exact) mass is 518 g/mol. The zero-order chi connectivity index (χ0) is 27.3. The lowest BCUT2D eigenvalue weighted by Gasteiger charge is -2.08. The lowest BCUT2D eigenvalue weighted by molar-refractivity contribution is -0.137. The van der Waals surface area contributed by atoms with Gasteiger partial charge in [0.05, 0.1) is 24.3 Å². The van der Waals surface area contributed by atoms with Crippen LogP contribution in [-0.4, -0.2) is 37.3 Å². The average Bonchev–Trinajstić information content (AvgIpc) is 2.92. The fourth-order valence-electron chi connectivity index (χ4n) is 2.97. The van der Waals surface area contributed by atoms with Crippen molar-refractivity contribution < 1.29 is 42.9 Å². The summed E-state index contributed by atoms with van der Waals surface area (Å²) in [4.78, 5) is 47.4. The lowest BCUT2D eigenvalue weighted by atomic mass is 10.1. The van der Waals surface area contributed by atoms with Crippen LogP contribution in [0.2, 0.25) is 0 Å². The van der Waals surface area contributed by atoms with E-state index in [2.05, 4.69) is 6.58 Å². The average molecular weight is 519 g/mol. The highest BCUT2D eigenvalue weighted by molar-refractivity contribution is 5.92. The second-order valence-electron chi connectivity index (χ2n) is 7.92. The Morgan fingerprint density at radius 3 is 1.55 bits per heavy atom. The van der Waals surface area contributed by atoms with Crippen molar-refractivity contribution in [3.8, 4) is 17.2 Å². The largest absolute Gasteiger partial charge is 0.513 e. The second-order valence-corrected chi connectivity index (χ2v) is 7.92. The predicted molar refractivity (Wildman–Crippen MR) is 136 cm³/mol. The molecule has 0 bridgehead atoms. The number of carbonyl (C=O) groups is 4. The number of aryl methyl sites for hydroxylation is 1. The summed E-state index contributed by atoms with van der Waals surface area (Å²) in [5, 5.41) is 0. The molecule has 9 nitrogen and oxygen atoms in total. The van der Waals surface area contributed by atoms with Crippen LogP contribution in [0.3, 0.4) is 0 Å². The van der Waals surface area contributed by atoms with E-state index in [0.29, 0.717) is 24.2 Å².